The lowest BCUT2D eigenvalue weighted by Gasteiger charge is -2.15. The second kappa shape index (κ2) is 8.75. The molecule has 0 bridgehead atoms. The standard InChI is InChI=1S/C26H27N3O3/c1-6-29-25-14-20(28-21-9-16(2)27-17(3)10-21)8-7-18(25)13-24(26(29)30)19-11-22(31-4)15-23(12-19)32-5/h7-15H,6H2,1-5H3,(H,27,28). The van der Waals surface area contributed by atoms with Crippen LogP contribution in [0.5, 0.6) is 11.5 Å². The highest BCUT2D eigenvalue weighted by Crippen LogP contribution is 2.30. The highest BCUT2D eigenvalue weighted by atomic mass is 16.5. The molecule has 0 atom stereocenters. The molecule has 1 N–H and O–H groups in total. The number of hydrogen-bond acceptors (Lipinski definition) is 5. The minimum atomic E-state index is -0.0527. The van der Waals surface area contributed by atoms with Crippen LogP contribution < -0.4 is 20.3 Å². The highest BCUT2D eigenvalue weighted by Gasteiger charge is 2.13. The molecule has 0 saturated carbocycles. The summed E-state index contributed by atoms with van der Waals surface area (Å²) in [7, 11) is 3.20. The van der Waals surface area contributed by atoms with Crippen LogP contribution in [0, 0.1) is 13.8 Å². The molecule has 164 valence electrons. The molecule has 0 radical (unpaired) electrons. The number of rotatable bonds is 6. The zero-order valence-electron chi connectivity index (χ0n) is 19.0. The number of aromatic nitrogens is 2. The Morgan fingerprint density at radius 2 is 1.53 bits per heavy atom. The van der Waals surface area contributed by atoms with E-state index in [2.05, 4.69) is 10.3 Å². The first kappa shape index (κ1) is 21.4. The van der Waals surface area contributed by atoms with Gasteiger partial charge in [-0.15, -0.1) is 0 Å². The molecule has 2 aromatic carbocycles. The fourth-order valence-electron chi connectivity index (χ4n) is 4.01. The number of nitrogens with zero attached hydrogens (tertiary/aromatic N) is 2. The average Bonchev–Trinajstić information content (AvgIpc) is 2.77. The van der Waals surface area contributed by atoms with Gasteiger partial charge in [-0.1, -0.05) is 6.07 Å². The zero-order chi connectivity index (χ0) is 22.8. The van der Waals surface area contributed by atoms with Crippen molar-refractivity contribution in [1.29, 1.82) is 0 Å². The van der Waals surface area contributed by atoms with Gasteiger partial charge < -0.3 is 19.4 Å². The van der Waals surface area contributed by atoms with Gasteiger partial charge in [-0.3, -0.25) is 9.78 Å². The van der Waals surface area contributed by atoms with Crippen molar-refractivity contribution in [2.24, 2.45) is 0 Å². The van der Waals surface area contributed by atoms with Crippen molar-refractivity contribution in [2.75, 3.05) is 19.5 Å². The van der Waals surface area contributed by atoms with Crippen LogP contribution >= 0.6 is 0 Å². The molecular formula is C26H27N3O3. The Labute approximate surface area is 187 Å². The van der Waals surface area contributed by atoms with Crippen LogP contribution in [0.4, 0.5) is 11.4 Å². The number of anilines is 2. The Bertz CT molecular complexity index is 1320. The van der Waals surface area contributed by atoms with Crippen molar-refractivity contribution in [3.8, 4) is 22.6 Å². The number of fused-ring (bicyclic) bond motifs is 1. The molecule has 0 aliphatic rings. The fourth-order valence-corrected chi connectivity index (χ4v) is 4.01. The zero-order valence-corrected chi connectivity index (χ0v) is 19.0. The molecule has 0 aliphatic carbocycles. The van der Waals surface area contributed by atoms with Crippen molar-refractivity contribution in [3.05, 3.63) is 76.3 Å². The molecule has 32 heavy (non-hydrogen) atoms. The highest BCUT2D eigenvalue weighted by molar-refractivity contribution is 5.87. The maximum Gasteiger partial charge on any atom is 0.258 e. The summed E-state index contributed by atoms with van der Waals surface area (Å²) < 4.78 is 12.6. The van der Waals surface area contributed by atoms with Gasteiger partial charge in [0.2, 0.25) is 0 Å². The first-order valence-electron chi connectivity index (χ1n) is 10.5. The lowest BCUT2D eigenvalue weighted by atomic mass is 10.0. The summed E-state index contributed by atoms with van der Waals surface area (Å²) in [6.07, 6.45) is 0. The third kappa shape index (κ3) is 4.17. The normalized spacial score (nSPS) is 10.9. The SMILES string of the molecule is CCn1c(=O)c(-c2cc(OC)cc(OC)c2)cc2ccc(Nc3cc(C)nc(C)c3)cc21. The van der Waals surface area contributed by atoms with E-state index in [4.69, 9.17) is 9.47 Å². The molecule has 2 heterocycles. The summed E-state index contributed by atoms with van der Waals surface area (Å²) in [5.74, 6) is 1.29. The van der Waals surface area contributed by atoms with E-state index in [-0.39, 0.29) is 5.56 Å². The van der Waals surface area contributed by atoms with Crippen LogP contribution in [0.25, 0.3) is 22.0 Å². The Morgan fingerprint density at radius 3 is 2.12 bits per heavy atom. The van der Waals surface area contributed by atoms with Gasteiger partial charge in [0.05, 0.1) is 19.7 Å². The van der Waals surface area contributed by atoms with Crippen LogP contribution in [-0.2, 0) is 6.54 Å². The Kier molecular flexibility index (Phi) is 5.86. The maximum absolute atomic E-state index is 13.4. The van der Waals surface area contributed by atoms with E-state index in [0.29, 0.717) is 23.6 Å². The Hall–Kier alpha value is -3.80. The third-order valence-corrected chi connectivity index (χ3v) is 5.45. The molecule has 0 saturated heterocycles. The topological polar surface area (TPSA) is 65.4 Å². The summed E-state index contributed by atoms with van der Waals surface area (Å²) in [6.45, 7) is 6.48. The minimum Gasteiger partial charge on any atom is -0.497 e. The van der Waals surface area contributed by atoms with Crippen molar-refractivity contribution < 1.29 is 9.47 Å². The van der Waals surface area contributed by atoms with Crippen molar-refractivity contribution in [3.63, 3.8) is 0 Å². The third-order valence-electron chi connectivity index (χ3n) is 5.45. The number of hydrogen-bond donors (Lipinski definition) is 1. The molecule has 2 aromatic heterocycles. The number of methoxy groups -OCH3 is 2. The Morgan fingerprint density at radius 1 is 0.875 bits per heavy atom. The predicted molar refractivity (Wildman–Crippen MR) is 129 cm³/mol. The van der Waals surface area contributed by atoms with Gasteiger partial charge in [0.15, 0.2) is 0 Å². The summed E-state index contributed by atoms with van der Waals surface area (Å²) >= 11 is 0. The quantitative estimate of drug-likeness (QED) is 0.441. The summed E-state index contributed by atoms with van der Waals surface area (Å²) in [6, 6.07) is 17.5. The van der Waals surface area contributed by atoms with Crippen molar-refractivity contribution in [2.45, 2.75) is 27.3 Å². The molecule has 0 fully saturated rings. The minimum absolute atomic E-state index is 0.0527. The molecule has 4 rings (SSSR count). The van der Waals surface area contributed by atoms with Crippen LogP contribution in [0.1, 0.15) is 18.3 Å². The molecule has 0 spiro atoms. The predicted octanol–water partition coefficient (Wildman–Crippen LogP) is 5.46. The monoisotopic (exact) mass is 429 g/mol. The first-order chi connectivity index (χ1) is 15.4. The van der Waals surface area contributed by atoms with Gasteiger partial charge in [0.1, 0.15) is 11.5 Å². The van der Waals surface area contributed by atoms with E-state index >= 15 is 0 Å². The van der Waals surface area contributed by atoms with E-state index in [1.54, 1.807) is 24.9 Å². The second-order valence-corrected chi connectivity index (χ2v) is 7.75. The van der Waals surface area contributed by atoms with Gasteiger partial charge in [0.25, 0.3) is 5.56 Å². The number of pyridine rings is 2. The van der Waals surface area contributed by atoms with E-state index in [0.717, 1.165) is 39.2 Å². The number of ether oxygens (including phenoxy) is 2. The van der Waals surface area contributed by atoms with Gasteiger partial charge in [-0.05, 0) is 74.2 Å². The van der Waals surface area contributed by atoms with Gasteiger partial charge in [-0.25, -0.2) is 0 Å². The molecule has 0 amide bonds. The van der Waals surface area contributed by atoms with Gasteiger partial charge >= 0.3 is 0 Å². The summed E-state index contributed by atoms with van der Waals surface area (Å²) in [5.41, 5.74) is 6.00. The Balaban J connectivity index is 1.83. The fraction of sp³-hybridized carbons (Fsp3) is 0.231. The molecule has 6 heteroatoms. The second-order valence-electron chi connectivity index (χ2n) is 7.75. The van der Waals surface area contributed by atoms with Crippen molar-refractivity contribution >= 4 is 22.3 Å². The summed E-state index contributed by atoms with van der Waals surface area (Å²) in [5, 5.41) is 4.42. The van der Waals surface area contributed by atoms with Crippen LogP contribution in [0.2, 0.25) is 0 Å². The summed E-state index contributed by atoms with van der Waals surface area (Å²) in [4.78, 5) is 17.8. The molecule has 0 unspecified atom stereocenters. The molecule has 6 nitrogen and oxygen atoms in total. The number of benzene rings is 2. The van der Waals surface area contributed by atoms with Crippen LogP contribution in [-0.4, -0.2) is 23.8 Å². The van der Waals surface area contributed by atoms with Crippen molar-refractivity contribution in [1.82, 2.24) is 9.55 Å². The molecular weight excluding hydrogens is 402 g/mol. The van der Waals surface area contributed by atoms with E-state index in [9.17, 15) is 4.79 Å². The lowest BCUT2D eigenvalue weighted by Crippen LogP contribution is -2.21. The van der Waals surface area contributed by atoms with E-state index in [1.165, 1.54) is 0 Å². The number of nitrogens with one attached hydrogen (secondary N) is 1. The smallest absolute Gasteiger partial charge is 0.258 e. The lowest BCUT2D eigenvalue weighted by molar-refractivity contribution is 0.394. The van der Waals surface area contributed by atoms with Crippen LogP contribution in [0.15, 0.2) is 59.4 Å². The van der Waals surface area contributed by atoms with E-state index < -0.39 is 0 Å². The van der Waals surface area contributed by atoms with Gasteiger partial charge in [0, 0.05) is 40.9 Å². The largest absolute Gasteiger partial charge is 0.497 e. The molecule has 4 aromatic rings. The van der Waals surface area contributed by atoms with Crippen LogP contribution in [0.3, 0.4) is 0 Å². The average molecular weight is 430 g/mol. The van der Waals surface area contributed by atoms with E-state index in [1.807, 2.05) is 69.3 Å². The first-order valence-corrected chi connectivity index (χ1v) is 10.5. The number of aryl methyl sites for hydroxylation is 3. The molecule has 0 aliphatic heterocycles. The van der Waals surface area contributed by atoms with Gasteiger partial charge in [-0.2, -0.15) is 0 Å². The maximum atomic E-state index is 13.4.